The van der Waals surface area contributed by atoms with Gasteiger partial charge in [0.25, 0.3) is 5.91 Å². The number of nitrogens with one attached hydrogen (secondary N) is 2. The Morgan fingerprint density at radius 2 is 1.31 bits per heavy atom. The minimum atomic E-state index is -1.27. The van der Waals surface area contributed by atoms with Gasteiger partial charge >= 0.3 is 11.9 Å². The summed E-state index contributed by atoms with van der Waals surface area (Å²) in [5.41, 5.74) is 5.96. The van der Waals surface area contributed by atoms with Crippen molar-refractivity contribution in [3.63, 3.8) is 0 Å². The Kier molecular flexibility index (Phi) is 12.7. The quantitative estimate of drug-likeness (QED) is 0.0424. The molecule has 45 heavy (non-hydrogen) atoms. The highest BCUT2D eigenvalue weighted by molar-refractivity contribution is 6.04. The zero-order valence-corrected chi connectivity index (χ0v) is 24.1. The molecule has 12 nitrogen and oxygen atoms in total. The Labute approximate surface area is 258 Å². The van der Waals surface area contributed by atoms with Gasteiger partial charge in [-0.25, -0.2) is 24.3 Å². The third kappa shape index (κ3) is 10.3. The topological polar surface area (TPSA) is 162 Å². The van der Waals surface area contributed by atoms with E-state index in [4.69, 9.17) is 24.6 Å². The minimum absolute atomic E-state index is 0.00682. The van der Waals surface area contributed by atoms with Crippen molar-refractivity contribution in [2.45, 2.75) is 33.0 Å². The van der Waals surface area contributed by atoms with Crippen LogP contribution in [-0.2, 0) is 57.3 Å². The summed E-state index contributed by atoms with van der Waals surface area (Å²) in [4.78, 5) is 57.3. The van der Waals surface area contributed by atoms with E-state index in [2.05, 4.69) is 15.7 Å². The molecule has 4 N–H and O–H groups in total. The molecule has 1 amide bonds. The van der Waals surface area contributed by atoms with E-state index in [-0.39, 0.29) is 56.4 Å². The Morgan fingerprint density at radius 3 is 1.98 bits per heavy atom. The summed E-state index contributed by atoms with van der Waals surface area (Å²) in [5, 5.41) is 21.1. The van der Waals surface area contributed by atoms with Gasteiger partial charge in [0, 0.05) is 0 Å². The summed E-state index contributed by atoms with van der Waals surface area (Å²) < 4.78 is 5.38. The minimum Gasteiger partial charge on any atom is -0.478 e. The summed E-state index contributed by atoms with van der Waals surface area (Å²) in [6.07, 6.45) is 0. The average Bonchev–Trinajstić information content (AvgIpc) is 3.07. The number of hydrogen-bond acceptors (Lipinski definition) is 10. The number of carboxylic acid groups (broad SMARTS) is 1. The summed E-state index contributed by atoms with van der Waals surface area (Å²) in [7, 11) is 0. The molecule has 0 fully saturated rings. The number of ether oxygens (including phenoxy) is 1. The molecule has 0 saturated carbocycles. The Bertz CT molecular complexity index is 1560. The molecule has 0 radical (unpaired) electrons. The van der Waals surface area contributed by atoms with Crippen molar-refractivity contribution in [1.29, 1.82) is 0 Å². The maximum absolute atomic E-state index is 12.9. The van der Waals surface area contributed by atoms with Crippen LogP contribution in [0.3, 0.4) is 0 Å². The van der Waals surface area contributed by atoms with E-state index in [9.17, 15) is 19.5 Å². The first-order chi connectivity index (χ1) is 21.9. The number of rotatable bonds is 17. The van der Waals surface area contributed by atoms with Crippen molar-refractivity contribution < 1.29 is 49.0 Å². The number of esters is 1. The fourth-order valence-electron chi connectivity index (χ4n) is 4.14. The monoisotopic (exact) mass is 616 g/mol. The first kappa shape index (κ1) is 33.0. The average molecular weight is 617 g/mol. The SMILES string of the molecule is O=C(OCc1ccccc1)c1ccc(COO)c(CONCNC(=O)c2cc(COOCc3ccccc3)ccc2C(=O)O)c1. The van der Waals surface area contributed by atoms with Gasteiger partial charge in [0.2, 0.25) is 0 Å². The van der Waals surface area contributed by atoms with Crippen LogP contribution in [-0.4, -0.2) is 34.9 Å². The highest BCUT2D eigenvalue weighted by Gasteiger charge is 2.18. The first-order valence-corrected chi connectivity index (χ1v) is 13.8. The van der Waals surface area contributed by atoms with Crippen LogP contribution >= 0.6 is 0 Å². The van der Waals surface area contributed by atoms with Crippen LogP contribution in [0.2, 0.25) is 0 Å². The molecule has 4 aromatic carbocycles. The predicted octanol–water partition coefficient (Wildman–Crippen LogP) is 4.79. The smallest absolute Gasteiger partial charge is 0.338 e. The fourth-order valence-corrected chi connectivity index (χ4v) is 4.14. The van der Waals surface area contributed by atoms with Crippen LogP contribution in [0.15, 0.2) is 97.1 Å². The van der Waals surface area contributed by atoms with Crippen molar-refractivity contribution in [3.05, 3.63) is 142 Å². The molecule has 0 aliphatic heterocycles. The van der Waals surface area contributed by atoms with Crippen molar-refractivity contribution in [1.82, 2.24) is 10.8 Å². The maximum atomic E-state index is 12.9. The van der Waals surface area contributed by atoms with E-state index >= 15 is 0 Å². The lowest BCUT2D eigenvalue weighted by Crippen LogP contribution is -2.34. The molecular weight excluding hydrogens is 584 g/mol. The normalized spacial score (nSPS) is 10.8. The van der Waals surface area contributed by atoms with Crippen molar-refractivity contribution in [3.8, 4) is 0 Å². The molecule has 0 saturated heterocycles. The molecule has 0 unspecified atom stereocenters. The summed E-state index contributed by atoms with van der Waals surface area (Å²) in [5.74, 6) is -2.47. The molecule has 0 aliphatic carbocycles. The largest absolute Gasteiger partial charge is 0.478 e. The molecule has 0 bridgehead atoms. The second-order valence-corrected chi connectivity index (χ2v) is 9.63. The number of hydroxylamine groups is 1. The van der Waals surface area contributed by atoms with Gasteiger partial charge < -0.3 is 15.2 Å². The Balaban J connectivity index is 1.28. The second-order valence-electron chi connectivity index (χ2n) is 9.63. The van der Waals surface area contributed by atoms with Crippen LogP contribution in [0.25, 0.3) is 0 Å². The van der Waals surface area contributed by atoms with Crippen LogP contribution in [0, 0.1) is 0 Å². The van der Waals surface area contributed by atoms with E-state index in [0.29, 0.717) is 16.7 Å². The molecule has 12 heteroatoms. The Hall–Kier alpha value is -4.95. The summed E-state index contributed by atoms with van der Waals surface area (Å²) in [6.45, 7) is -0.0642. The lowest BCUT2D eigenvalue weighted by molar-refractivity contribution is -0.313. The van der Waals surface area contributed by atoms with E-state index in [0.717, 1.165) is 11.1 Å². The molecule has 0 heterocycles. The van der Waals surface area contributed by atoms with E-state index in [1.165, 1.54) is 18.2 Å². The van der Waals surface area contributed by atoms with Crippen molar-refractivity contribution >= 4 is 17.8 Å². The molecule has 4 rings (SSSR count). The molecule has 4 aromatic rings. The van der Waals surface area contributed by atoms with E-state index in [1.54, 1.807) is 18.2 Å². The number of amides is 1. The first-order valence-electron chi connectivity index (χ1n) is 13.8. The molecule has 0 atom stereocenters. The predicted molar refractivity (Wildman–Crippen MR) is 159 cm³/mol. The summed E-state index contributed by atoms with van der Waals surface area (Å²) >= 11 is 0. The number of carboxylic acids is 1. The van der Waals surface area contributed by atoms with Gasteiger partial charge in [0.05, 0.1) is 30.0 Å². The van der Waals surface area contributed by atoms with Gasteiger partial charge in [-0.15, -0.1) is 0 Å². The van der Waals surface area contributed by atoms with Crippen molar-refractivity contribution in [2.24, 2.45) is 0 Å². The number of carbonyl (C=O) groups is 3. The zero-order chi connectivity index (χ0) is 31.9. The summed E-state index contributed by atoms with van der Waals surface area (Å²) in [6, 6.07) is 27.6. The van der Waals surface area contributed by atoms with Gasteiger partial charge in [0.1, 0.15) is 26.4 Å². The van der Waals surface area contributed by atoms with Crippen LogP contribution in [0.5, 0.6) is 0 Å². The number of hydrogen-bond donors (Lipinski definition) is 4. The molecule has 0 aliphatic rings. The maximum Gasteiger partial charge on any atom is 0.338 e. The standard InChI is InChI=1S/C33H32N2O10/c36-31(30-15-25(11-14-29(30)32(37)38)19-45-44-18-24-9-5-2-6-10-24)34-22-35-42-20-28-16-26(12-13-27(28)21-43-40)33(39)41-17-23-7-3-1-4-8-23/h1-16,35,40H,17-22H2,(H,34,36)(H,37,38). The number of carbonyl (C=O) groups excluding carboxylic acids is 2. The second kappa shape index (κ2) is 17.4. The van der Waals surface area contributed by atoms with Gasteiger partial charge in [-0.05, 0) is 52.1 Å². The van der Waals surface area contributed by atoms with Crippen molar-refractivity contribution in [2.75, 3.05) is 6.67 Å². The number of aromatic carboxylic acids is 1. The van der Waals surface area contributed by atoms with E-state index in [1.807, 2.05) is 60.7 Å². The highest BCUT2D eigenvalue weighted by Crippen LogP contribution is 2.17. The van der Waals surface area contributed by atoms with Gasteiger partial charge in [-0.2, -0.15) is 5.48 Å². The lowest BCUT2D eigenvalue weighted by Gasteiger charge is -2.13. The van der Waals surface area contributed by atoms with Crippen LogP contribution in [0.4, 0.5) is 0 Å². The molecule has 0 spiro atoms. The zero-order valence-electron chi connectivity index (χ0n) is 24.1. The third-order valence-electron chi connectivity index (χ3n) is 6.46. The molecule has 234 valence electrons. The van der Waals surface area contributed by atoms with Crippen LogP contribution in [0.1, 0.15) is 58.9 Å². The lowest BCUT2D eigenvalue weighted by atomic mass is 10.0. The number of benzene rings is 4. The van der Waals surface area contributed by atoms with E-state index < -0.39 is 17.8 Å². The van der Waals surface area contributed by atoms with Crippen LogP contribution < -0.4 is 10.8 Å². The fraction of sp³-hybridized carbons (Fsp3) is 0.182. The molecule has 0 aromatic heterocycles. The van der Waals surface area contributed by atoms with Gasteiger partial charge in [-0.1, -0.05) is 72.8 Å². The van der Waals surface area contributed by atoms with Gasteiger partial charge in [0.15, 0.2) is 0 Å². The molecular formula is C33H32N2O10. The third-order valence-corrected chi connectivity index (χ3v) is 6.46. The highest BCUT2D eigenvalue weighted by atomic mass is 17.2. The van der Waals surface area contributed by atoms with Gasteiger partial charge in [-0.3, -0.25) is 14.9 Å². The Morgan fingerprint density at radius 1 is 0.644 bits per heavy atom.